The molecule has 2 N–H and O–H groups in total. The predicted molar refractivity (Wildman–Crippen MR) is 108 cm³/mol. The van der Waals surface area contributed by atoms with Crippen LogP contribution < -0.4 is 0 Å². The fraction of sp³-hybridized carbons (Fsp3) is 0.409. The van der Waals surface area contributed by atoms with Crippen molar-refractivity contribution in [3.8, 4) is 0 Å². The van der Waals surface area contributed by atoms with Crippen molar-refractivity contribution < 1.29 is 15.0 Å². The average molecular weight is 430 g/mol. The lowest BCUT2D eigenvalue weighted by Gasteiger charge is -2.59. The molecule has 0 saturated heterocycles. The Labute approximate surface area is 168 Å². The van der Waals surface area contributed by atoms with Gasteiger partial charge in [0.1, 0.15) is 0 Å². The van der Waals surface area contributed by atoms with E-state index in [2.05, 4.69) is 28.1 Å². The molecule has 4 nitrogen and oxygen atoms in total. The molecule has 2 aromatic carbocycles. The number of hydrogen-bond acceptors (Lipinski definition) is 2. The van der Waals surface area contributed by atoms with E-state index in [9.17, 15) is 15.0 Å². The van der Waals surface area contributed by atoms with Gasteiger partial charge in [0.25, 0.3) is 0 Å². The zero-order valence-electron chi connectivity index (χ0n) is 15.1. The van der Waals surface area contributed by atoms with Crippen LogP contribution in [-0.2, 0) is 12.0 Å². The summed E-state index contributed by atoms with van der Waals surface area (Å²) in [5.74, 6) is 0. The van der Waals surface area contributed by atoms with Crippen LogP contribution in [0.5, 0.6) is 0 Å². The lowest BCUT2D eigenvalue weighted by molar-refractivity contribution is -0.0927. The lowest BCUT2D eigenvalue weighted by atomic mass is 9.53. The standard InChI is InChI=1S/C22H24BrNO3/c23-18-8-6-17(7-9-18)22-12-10-21(11-13-22,14-19(22)25)24(20(26)27)15-16-4-2-1-3-5-16/h1-9,19,25H,10-15H2,(H,26,27). The van der Waals surface area contributed by atoms with Gasteiger partial charge in [-0.15, -0.1) is 0 Å². The van der Waals surface area contributed by atoms with Gasteiger partial charge in [0, 0.05) is 22.0 Å². The van der Waals surface area contributed by atoms with Gasteiger partial charge in [-0.2, -0.15) is 0 Å². The molecule has 0 heterocycles. The molecule has 1 amide bonds. The summed E-state index contributed by atoms with van der Waals surface area (Å²) in [5.41, 5.74) is 1.42. The highest BCUT2D eigenvalue weighted by molar-refractivity contribution is 9.10. The van der Waals surface area contributed by atoms with Crippen LogP contribution in [0.4, 0.5) is 4.79 Å². The third-order valence-electron chi connectivity index (χ3n) is 6.69. The number of nitrogens with zero attached hydrogens (tertiary/aromatic N) is 1. The van der Waals surface area contributed by atoms with Gasteiger partial charge >= 0.3 is 6.09 Å². The average Bonchev–Trinajstić information content (AvgIpc) is 2.68. The summed E-state index contributed by atoms with van der Waals surface area (Å²) in [5, 5.41) is 21.0. The molecule has 27 heavy (non-hydrogen) atoms. The van der Waals surface area contributed by atoms with Gasteiger partial charge in [-0.3, -0.25) is 4.90 Å². The minimum Gasteiger partial charge on any atom is -0.465 e. The second-order valence-corrected chi connectivity index (χ2v) is 8.88. The van der Waals surface area contributed by atoms with Gasteiger partial charge in [0.05, 0.1) is 6.10 Å². The van der Waals surface area contributed by atoms with Gasteiger partial charge in [0.15, 0.2) is 0 Å². The van der Waals surface area contributed by atoms with Gasteiger partial charge in [-0.05, 0) is 55.4 Å². The number of benzene rings is 2. The Hall–Kier alpha value is -1.85. The van der Waals surface area contributed by atoms with Gasteiger partial charge in [0.2, 0.25) is 0 Å². The largest absolute Gasteiger partial charge is 0.465 e. The van der Waals surface area contributed by atoms with Crippen molar-refractivity contribution in [3.05, 3.63) is 70.2 Å². The number of hydrogen-bond donors (Lipinski definition) is 2. The van der Waals surface area contributed by atoms with Crippen molar-refractivity contribution in [2.45, 2.75) is 55.7 Å². The summed E-state index contributed by atoms with van der Waals surface area (Å²) in [6.45, 7) is 0.369. The van der Waals surface area contributed by atoms with E-state index in [0.29, 0.717) is 13.0 Å². The highest BCUT2D eigenvalue weighted by Crippen LogP contribution is 2.56. The zero-order chi connectivity index (χ0) is 19.1. The molecule has 1 atom stereocenters. The fourth-order valence-corrected chi connectivity index (χ4v) is 5.37. The van der Waals surface area contributed by atoms with Gasteiger partial charge in [-0.1, -0.05) is 58.4 Å². The Bertz CT molecular complexity index is 813. The molecule has 3 aliphatic carbocycles. The molecule has 2 aromatic rings. The van der Waals surface area contributed by atoms with Crippen LogP contribution in [0.2, 0.25) is 0 Å². The molecule has 2 bridgehead atoms. The predicted octanol–water partition coefficient (Wildman–Crippen LogP) is 4.94. The first-order valence-corrected chi connectivity index (χ1v) is 10.2. The van der Waals surface area contributed by atoms with Crippen LogP contribution in [0.25, 0.3) is 0 Å². The maximum Gasteiger partial charge on any atom is 0.408 e. The topological polar surface area (TPSA) is 60.8 Å². The normalized spacial score (nSPS) is 29.5. The minimum atomic E-state index is -0.899. The molecule has 5 rings (SSSR count). The number of carbonyl (C=O) groups is 1. The second kappa shape index (κ2) is 6.95. The summed E-state index contributed by atoms with van der Waals surface area (Å²) >= 11 is 3.47. The summed E-state index contributed by atoms with van der Waals surface area (Å²) in [4.78, 5) is 13.7. The quantitative estimate of drug-likeness (QED) is 0.722. The fourth-order valence-electron chi connectivity index (χ4n) is 5.10. The van der Waals surface area contributed by atoms with Crippen LogP contribution in [0, 0.1) is 0 Å². The number of aliphatic hydroxyl groups excluding tert-OH is 1. The summed E-state index contributed by atoms with van der Waals surface area (Å²) in [7, 11) is 0. The van der Waals surface area contributed by atoms with Crippen LogP contribution in [0.3, 0.4) is 0 Å². The van der Waals surface area contributed by atoms with E-state index >= 15 is 0 Å². The number of fused-ring (bicyclic) bond motifs is 3. The molecule has 0 aromatic heterocycles. The summed E-state index contributed by atoms with van der Waals surface area (Å²) in [6.07, 6.45) is 2.28. The van der Waals surface area contributed by atoms with Crippen LogP contribution in [0.15, 0.2) is 59.1 Å². The first-order chi connectivity index (χ1) is 13.0. The van der Waals surface area contributed by atoms with Crippen molar-refractivity contribution in [1.29, 1.82) is 0 Å². The highest BCUT2D eigenvalue weighted by Gasteiger charge is 2.57. The van der Waals surface area contributed by atoms with Crippen LogP contribution >= 0.6 is 15.9 Å². The smallest absolute Gasteiger partial charge is 0.408 e. The number of aliphatic hydroxyl groups is 1. The SMILES string of the molecule is O=C(O)N(Cc1ccccc1)C12CCC(c3ccc(Br)cc3)(CC1)C(O)C2. The molecule has 5 heteroatoms. The van der Waals surface area contributed by atoms with Crippen LogP contribution in [-0.4, -0.2) is 32.8 Å². The summed E-state index contributed by atoms with van der Waals surface area (Å²) in [6, 6.07) is 17.9. The van der Waals surface area contributed by atoms with Crippen molar-refractivity contribution in [3.63, 3.8) is 0 Å². The molecule has 142 valence electrons. The van der Waals surface area contributed by atoms with E-state index in [1.807, 2.05) is 42.5 Å². The third-order valence-corrected chi connectivity index (χ3v) is 7.22. The monoisotopic (exact) mass is 429 g/mol. The maximum absolute atomic E-state index is 12.1. The van der Waals surface area contributed by atoms with Crippen LogP contribution in [0.1, 0.15) is 43.2 Å². The molecule has 0 radical (unpaired) electrons. The van der Waals surface area contributed by atoms with E-state index in [0.717, 1.165) is 41.3 Å². The molecule has 0 spiro atoms. The lowest BCUT2D eigenvalue weighted by Crippen LogP contribution is -2.64. The van der Waals surface area contributed by atoms with Crippen molar-refractivity contribution in [1.82, 2.24) is 4.90 Å². The summed E-state index contributed by atoms with van der Waals surface area (Å²) < 4.78 is 1.03. The van der Waals surface area contributed by atoms with Crippen molar-refractivity contribution in [2.24, 2.45) is 0 Å². The number of rotatable bonds is 4. The Balaban J connectivity index is 1.61. The minimum absolute atomic E-state index is 0.251. The second-order valence-electron chi connectivity index (χ2n) is 7.96. The molecular weight excluding hydrogens is 406 g/mol. The van der Waals surface area contributed by atoms with E-state index in [-0.39, 0.29) is 5.41 Å². The Kier molecular flexibility index (Phi) is 4.77. The molecule has 3 aliphatic rings. The molecular formula is C22H24BrNO3. The maximum atomic E-state index is 12.1. The number of halogens is 1. The molecule has 0 aliphatic heterocycles. The van der Waals surface area contributed by atoms with Gasteiger partial charge in [-0.25, -0.2) is 4.79 Å². The Morgan fingerprint density at radius 3 is 2.22 bits per heavy atom. The van der Waals surface area contributed by atoms with E-state index in [1.165, 1.54) is 0 Å². The Morgan fingerprint density at radius 2 is 1.67 bits per heavy atom. The highest BCUT2D eigenvalue weighted by atomic mass is 79.9. The van der Waals surface area contributed by atoms with E-state index < -0.39 is 17.7 Å². The first kappa shape index (κ1) is 18.5. The molecule has 1 unspecified atom stereocenters. The van der Waals surface area contributed by atoms with E-state index in [1.54, 1.807) is 4.90 Å². The Morgan fingerprint density at radius 1 is 1.04 bits per heavy atom. The van der Waals surface area contributed by atoms with Crippen molar-refractivity contribution in [2.75, 3.05) is 0 Å². The van der Waals surface area contributed by atoms with Gasteiger partial charge < -0.3 is 10.2 Å². The molecule has 3 fully saturated rings. The van der Waals surface area contributed by atoms with E-state index in [4.69, 9.17) is 0 Å². The molecule has 3 saturated carbocycles. The first-order valence-electron chi connectivity index (χ1n) is 9.44. The number of amides is 1. The zero-order valence-corrected chi connectivity index (χ0v) is 16.7. The number of carboxylic acid groups (broad SMARTS) is 1. The third kappa shape index (κ3) is 3.17. The van der Waals surface area contributed by atoms with Crippen molar-refractivity contribution >= 4 is 22.0 Å².